The molecule has 28 heavy (non-hydrogen) atoms. The third-order valence-electron chi connectivity index (χ3n) is 4.47. The van der Waals surface area contributed by atoms with Crippen molar-refractivity contribution < 1.29 is 14.1 Å². The van der Waals surface area contributed by atoms with Gasteiger partial charge < -0.3 is 14.2 Å². The van der Waals surface area contributed by atoms with Gasteiger partial charge in [0.25, 0.3) is 5.91 Å². The van der Waals surface area contributed by atoms with E-state index in [1.54, 1.807) is 20.0 Å². The van der Waals surface area contributed by atoms with Gasteiger partial charge >= 0.3 is 0 Å². The summed E-state index contributed by atoms with van der Waals surface area (Å²) >= 11 is 6.16. The van der Waals surface area contributed by atoms with Crippen molar-refractivity contribution in [3.63, 3.8) is 0 Å². The number of ether oxygens (including phenoxy) is 1. The molecule has 0 saturated heterocycles. The summed E-state index contributed by atoms with van der Waals surface area (Å²) in [6.45, 7) is 5.93. The number of aryl methyl sites for hydroxylation is 2. The normalized spacial score (nSPS) is 11.9. The van der Waals surface area contributed by atoms with Gasteiger partial charge in [0.15, 0.2) is 6.10 Å². The Morgan fingerprint density at radius 1 is 1.21 bits per heavy atom. The van der Waals surface area contributed by atoms with E-state index < -0.39 is 6.10 Å². The number of hydrogen-bond acceptors (Lipinski definition) is 5. The zero-order valence-electron chi connectivity index (χ0n) is 16.3. The first-order valence-electron chi connectivity index (χ1n) is 8.91. The van der Waals surface area contributed by atoms with Crippen LogP contribution in [-0.4, -0.2) is 34.1 Å². The fraction of sp³-hybridized carbons (Fsp3) is 0.286. The SMILES string of the molecule is Cc1ccc(O[C@H](C)C(=O)N(C)Cc2nc(-c3ccccc3Cl)no2)cc1C. The third-order valence-corrected chi connectivity index (χ3v) is 4.80. The van der Waals surface area contributed by atoms with Gasteiger partial charge in [-0.15, -0.1) is 0 Å². The van der Waals surface area contributed by atoms with Gasteiger partial charge in [0, 0.05) is 12.6 Å². The molecule has 146 valence electrons. The topological polar surface area (TPSA) is 68.5 Å². The molecule has 3 aromatic rings. The van der Waals surface area contributed by atoms with Crippen LogP contribution in [0.3, 0.4) is 0 Å². The minimum atomic E-state index is -0.641. The summed E-state index contributed by atoms with van der Waals surface area (Å²) in [5.74, 6) is 1.19. The molecule has 0 aliphatic carbocycles. The van der Waals surface area contributed by atoms with Crippen molar-refractivity contribution >= 4 is 17.5 Å². The second-order valence-electron chi connectivity index (χ2n) is 6.69. The summed E-state index contributed by atoms with van der Waals surface area (Å²) in [7, 11) is 1.67. The van der Waals surface area contributed by atoms with E-state index in [1.807, 2.05) is 50.2 Å². The predicted octanol–water partition coefficient (Wildman–Crippen LogP) is 4.43. The Labute approximate surface area is 169 Å². The second kappa shape index (κ2) is 8.44. The monoisotopic (exact) mass is 399 g/mol. The molecule has 0 unspecified atom stereocenters. The van der Waals surface area contributed by atoms with Crippen LogP contribution in [0.1, 0.15) is 23.9 Å². The molecule has 0 N–H and O–H groups in total. The summed E-state index contributed by atoms with van der Waals surface area (Å²) in [5, 5.41) is 4.49. The number of aromatic nitrogens is 2. The Morgan fingerprint density at radius 3 is 2.68 bits per heavy atom. The molecule has 1 aromatic heterocycles. The van der Waals surface area contributed by atoms with E-state index in [2.05, 4.69) is 10.1 Å². The molecule has 0 saturated carbocycles. The van der Waals surface area contributed by atoms with E-state index in [0.29, 0.717) is 28.1 Å². The maximum absolute atomic E-state index is 12.6. The highest BCUT2D eigenvalue weighted by molar-refractivity contribution is 6.33. The van der Waals surface area contributed by atoms with Crippen LogP contribution in [0.5, 0.6) is 5.75 Å². The number of nitrogens with zero attached hydrogens (tertiary/aromatic N) is 3. The number of carbonyl (C=O) groups is 1. The molecule has 1 heterocycles. The lowest BCUT2D eigenvalue weighted by Crippen LogP contribution is -2.37. The number of carbonyl (C=O) groups excluding carboxylic acids is 1. The summed E-state index contributed by atoms with van der Waals surface area (Å²) in [5.41, 5.74) is 2.97. The largest absolute Gasteiger partial charge is 0.481 e. The zero-order valence-corrected chi connectivity index (χ0v) is 17.0. The molecule has 7 heteroatoms. The van der Waals surface area contributed by atoms with Crippen LogP contribution in [0.2, 0.25) is 5.02 Å². The van der Waals surface area contributed by atoms with E-state index in [9.17, 15) is 4.79 Å². The van der Waals surface area contributed by atoms with Gasteiger partial charge in [-0.1, -0.05) is 35.0 Å². The van der Waals surface area contributed by atoms with Crippen molar-refractivity contribution in [3.8, 4) is 17.1 Å². The molecule has 0 fully saturated rings. The number of likely N-dealkylation sites (N-methyl/N-ethyl adjacent to an activating group) is 1. The lowest BCUT2D eigenvalue weighted by Gasteiger charge is -2.21. The van der Waals surface area contributed by atoms with E-state index >= 15 is 0 Å². The van der Waals surface area contributed by atoms with Crippen LogP contribution in [0.25, 0.3) is 11.4 Å². The molecule has 0 spiro atoms. The van der Waals surface area contributed by atoms with Crippen LogP contribution in [0, 0.1) is 13.8 Å². The van der Waals surface area contributed by atoms with Crippen LogP contribution in [0.15, 0.2) is 47.0 Å². The number of halogens is 1. The lowest BCUT2D eigenvalue weighted by molar-refractivity contribution is -0.137. The maximum Gasteiger partial charge on any atom is 0.263 e. The van der Waals surface area contributed by atoms with Crippen molar-refractivity contribution in [2.45, 2.75) is 33.4 Å². The molecule has 0 aliphatic heterocycles. The average molecular weight is 400 g/mol. The Hall–Kier alpha value is -2.86. The van der Waals surface area contributed by atoms with Crippen molar-refractivity contribution in [2.75, 3.05) is 7.05 Å². The van der Waals surface area contributed by atoms with E-state index in [1.165, 1.54) is 10.5 Å². The fourth-order valence-electron chi connectivity index (χ4n) is 2.70. The van der Waals surface area contributed by atoms with Crippen LogP contribution in [0.4, 0.5) is 0 Å². The summed E-state index contributed by atoms with van der Waals surface area (Å²) in [6, 6.07) is 13.0. The summed E-state index contributed by atoms with van der Waals surface area (Å²) in [6.07, 6.45) is -0.641. The Bertz CT molecular complexity index is 987. The number of benzene rings is 2. The average Bonchev–Trinajstić information content (AvgIpc) is 3.12. The molecule has 3 rings (SSSR count). The third kappa shape index (κ3) is 4.51. The molecular weight excluding hydrogens is 378 g/mol. The number of amides is 1. The molecule has 0 bridgehead atoms. The zero-order chi connectivity index (χ0) is 20.3. The minimum absolute atomic E-state index is 0.177. The fourth-order valence-corrected chi connectivity index (χ4v) is 2.92. The van der Waals surface area contributed by atoms with Crippen molar-refractivity contribution in [1.82, 2.24) is 15.0 Å². The Balaban J connectivity index is 1.64. The Kier molecular flexibility index (Phi) is 5.99. The van der Waals surface area contributed by atoms with Gasteiger partial charge in [-0.2, -0.15) is 4.98 Å². The Morgan fingerprint density at radius 2 is 1.96 bits per heavy atom. The van der Waals surface area contributed by atoms with Gasteiger partial charge in [0.1, 0.15) is 5.75 Å². The molecule has 1 atom stereocenters. The standard InChI is InChI=1S/C21H22ClN3O3/c1-13-9-10-16(11-14(13)2)27-15(3)21(26)25(4)12-19-23-20(24-28-19)17-7-5-6-8-18(17)22/h5-11,15H,12H2,1-4H3/t15-/m1/s1. The highest BCUT2D eigenvalue weighted by Crippen LogP contribution is 2.25. The maximum atomic E-state index is 12.6. The first-order valence-corrected chi connectivity index (χ1v) is 9.29. The van der Waals surface area contributed by atoms with E-state index in [4.69, 9.17) is 20.9 Å². The predicted molar refractivity (Wildman–Crippen MR) is 107 cm³/mol. The molecule has 0 radical (unpaired) electrons. The van der Waals surface area contributed by atoms with Gasteiger partial charge in [0.05, 0.1) is 11.6 Å². The van der Waals surface area contributed by atoms with Gasteiger partial charge in [-0.3, -0.25) is 4.79 Å². The van der Waals surface area contributed by atoms with Gasteiger partial charge in [-0.25, -0.2) is 0 Å². The van der Waals surface area contributed by atoms with Crippen LogP contribution in [-0.2, 0) is 11.3 Å². The first-order chi connectivity index (χ1) is 13.3. The second-order valence-corrected chi connectivity index (χ2v) is 7.10. The van der Waals surface area contributed by atoms with Crippen LogP contribution >= 0.6 is 11.6 Å². The number of rotatable bonds is 6. The lowest BCUT2D eigenvalue weighted by atomic mass is 10.1. The molecular formula is C21H22ClN3O3. The van der Waals surface area contributed by atoms with Crippen molar-refractivity contribution in [2.24, 2.45) is 0 Å². The van der Waals surface area contributed by atoms with E-state index in [0.717, 1.165) is 5.56 Å². The number of hydrogen-bond donors (Lipinski definition) is 0. The molecule has 1 amide bonds. The summed E-state index contributed by atoms with van der Waals surface area (Å²) in [4.78, 5) is 18.5. The highest BCUT2D eigenvalue weighted by Gasteiger charge is 2.22. The molecule has 6 nitrogen and oxygen atoms in total. The minimum Gasteiger partial charge on any atom is -0.481 e. The smallest absolute Gasteiger partial charge is 0.263 e. The quantitative estimate of drug-likeness (QED) is 0.613. The molecule has 0 aliphatic rings. The highest BCUT2D eigenvalue weighted by atomic mass is 35.5. The summed E-state index contributed by atoms with van der Waals surface area (Å²) < 4.78 is 11.1. The first kappa shape index (κ1) is 19.9. The van der Waals surface area contributed by atoms with Gasteiger partial charge in [0.2, 0.25) is 11.7 Å². The van der Waals surface area contributed by atoms with Crippen LogP contribution < -0.4 is 4.74 Å². The van der Waals surface area contributed by atoms with Crippen molar-refractivity contribution in [1.29, 1.82) is 0 Å². The van der Waals surface area contributed by atoms with Crippen molar-refractivity contribution in [3.05, 3.63) is 64.5 Å². The van der Waals surface area contributed by atoms with Gasteiger partial charge in [-0.05, 0) is 56.2 Å². The molecule has 2 aromatic carbocycles. The van der Waals surface area contributed by atoms with E-state index in [-0.39, 0.29) is 12.5 Å².